The molecule has 0 saturated carbocycles. The number of hydrogen-bond acceptors (Lipinski definition) is 43. The number of benzene rings is 8. The third kappa shape index (κ3) is 23.0. The van der Waals surface area contributed by atoms with E-state index in [4.69, 9.17) is 36.3 Å². The number of thiocarbonyl (C=S) groups is 1. The minimum absolute atomic E-state index is 0.204. The lowest BCUT2D eigenvalue weighted by atomic mass is 10.0. The first kappa shape index (κ1) is 89.9. The molecule has 5 aliphatic rings. The second kappa shape index (κ2) is 41.3. The van der Waals surface area contributed by atoms with Gasteiger partial charge in [0.2, 0.25) is 10.9 Å². The quantitative estimate of drug-likeness (QED) is 0.0250. The van der Waals surface area contributed by atoms with Gasteiger partial charge in [0, 0.05) is 48.9 Å². The van der Waals surface area contributed by atoms with Crippen molar-refractivity contribution in [3.8, 4) is 5.75 Å². The number of hydrogen-bond donors (Lipinski definition) is 11. The van der Waals surface area contributed by atoms with Crippen molar-refractivity contribution in [1.29, 1.82) is 0 Å². The van der Waals surface area contributed by atoms with Gasteiger partial charge in [-0.1, -0.05) is 122 Å². The van der Waals surface area contributed by atoms with E-state index in [9.17, 15) is 46.5 Å². The molecule has 0 fully saturated rings. The van der Waals surface area contributed by atoms with Crippen molar-refractivity contribution >= 4 is 134 Å². The minimum atomic E-state index is -0.552. The van der Waals surface area contributed by atoms with Crippen molar-refractivity contribution in [3.05, 3.63) is 268 Å². The molecule has 11 N–H and O–H groups in total. The lowest BCUT2D eigenvalue weighted by Gasteiger charge is -2.02. The Labute approximate surface area is 770 Å². The molecule has 11 aromatic heterocycles. The van der Waals surface area contributed by atoms with Crippen LogP contribution in [0, 0.1) is 0 Å². The molecular formula is C83H76N38O15S. The van der Waals surface area contributed by atoms with Crippen LogP contribution in [0.15, 0.2) is 246 Å². The van der Waals surface area contributed by atoms with Gasteiger partial charge < -0.3 is 65.7 Å². The first-order valence-electron chi connectivity index (χ1n) is 41.3. The van der Waals surface area contributed by atoms with Crippen LogP contribution in [-0.4, -0.2) is 239 Å². The first-order valence-corrected chi connectivity index (χ1v) is 41.7. The zero-order valence-electron chi connectivity index (χ0n) is 71.5. The summed E-state index contributed by atoms with van der Waals surface area (Å²) in [6.07, 6.45) is 15.0. The van der Waals surface area contributed by atoms with Crippen LogP contribution in [-0.2, 0) is 83.7 Å². The highest BCUT2D eigenvalue weighted by atomic mass is 32.1. The Bertz CT molecular complexity index is 7510. The van der Waals surface area contributed by atoms with Crippen LogP contribution in [0.3, 0.4) is 0 Å². The van der Waals surface area contributed by atoms with E-state index < -0.39 is 5.76 Å². The summed E-state index contributed by atoms with van der Waals surface area (Å²) >= 11 is 4.91. The molecule has 19 aromatic rings. The lowest BCUT2D eigenvalue weighted by Crippen LogP contribution is -1.99. The molecule has 0 spiro atoms. The molecular weight excluding hydrogens is 1800 g/mol. The van der Waals surface area contributed by atoms with E-state index in [0.717, 1.165) is 150 Å². The molecule has 53 nitrogen and oxygen atoms in total. The van der Waals surface area contributed by atoms with E-state index in [1.54, 1.807) is 67.1 Å². The number of nitrogens with zero attached hydrogens (tertiary/aromatic N) is 35. The van der Waals surface area contributed by atoms with Gasteiger partial charge in [-0.3, -0.25) is 9.51 Å². The highest BCUT2D eigenvalue weighted by Gasteiger charge is 2.21. The number of fused-ring (bicyclic) bond motifs is 8. The third-order valence-corrected chi connectivity index (χ3v) is 20.9. The number of amidine groups is 1. The van der Waals surface area contributed by atoms with Gasteiger partial charge in [0.05, 0.1) is 72.8 Å². The molecule has 54 heteroatoms. The van der Waals surface area contributed by atoms with Crippen molar-refractivity contribution in [3.63, 3.8) is 0 Å². The third-order valence-electron chi connectivity index (χ3n) is 20.6. The Hall–Kier alpha value is -19.1. The summed E-state index contributed by atoms with van der Waals surface area (Å²) in [4.78, 5) is 43.3. The zero-order valence-corrected chi connectivity index (χ0v) is 72.3. The number of oxime groups is 4. The zero-order chi connectivity index (χ0) is 94.8. The molecule has 8 aromatic carbocycles. The summed E-state index contributed by atoms with van der Waals surface area (Å²) in [5.41, 5.74) is 20.9. The van der Waals surface area contributed by atoms with E-state index in [2.05, 4.69) is 178 Å². The standard InChI is InChI=1S/C12H11N3O2.C11H11N5O.C11H10N4O2S.2C11H10N4O2.C10H9N5O3.C9H8N6O.C8H7N7O2/c1-8-4-11(14-17-8)6-9-2-3-12-10(5-9)7-13-15(12)16;17-16-11-4-2-8(5-9(11)6-13-16)1-3-10-7-12-15-14-10;16-15-10-4-2-7(5-9(10)12-14-15)1-3-8-6-11(18)17-13-8;2*1-7-4-9(13-17-7)5-8-2-3-11-10(6-8)12-14-15(11)16;16-10-11-9(13-18-10)4-2-6-1-3-8-7(5-6)12-14-15(8)17;16-15-8-2-1-6(3-7(8)12-14-15)4-9-10-5-11-13-9;16-15-7-2-1-5(3-6(7)9-14-15)17-4-8-10-12-13-11-8/h2-3,5,7,16H,1,4,6H2;2,4-7,17H,1,3H2,(H,12,14,15);2,4-5,16H,1,3,6H2;2*2-3,6,16H,1,4-5H2;1,3,5,17H,2,4H2,(H,11,13,16);1-3,16H,4-5H2;1-3,16H,4H2,(H,10,11,12,13). The van der Waals surface area contributed by atoms with E-state index in [0.29, 0.717) is 181 Å². The van der Waals surface area contributed by atoms with Gasteiger partial charge in [-0.25, -0.2) is 9.79 Å². The summed E-state index contributed by atoms with van der Waals surface area (Å²) in [7, 11) is 0. The fraction of sp³-hybridized carbons (Fsp3) is 0.193. The summed E-state index contributed by atoms with van der Waals surface area (Å²) in [6, 6.07) is 44.3. The smallest absolute Gasteiger partial charge is 0.438 e. The molecule has 0 bridgehead atoms. The van der Waals surface area contributed by atoms with Gasteiger partial charge in [0.1, 0.15) is 100 Å². The number of tetrazole rings is 1. The molecule has 16 heterocycles. The molecule has 0 atom stereocenters. The van der Waals surface area contributed by atoms with Gasteiger partial charge in [0.15, 0.2) is 24.9 Å². The number of aromatic nitrogens is 31. The molecule has 0 radical (unpaired) electrons. The van der Waals surface area contributed by atoms with Crippen LogP contribution < -0.4 is 10.5 Å². The van der Waals surface area contributed by atoms with Crippen LogP contribution in [0.25, 0.3) is 88.0 Å². The number of rotatable bonds is 20. The first-order chi connectivity index (χ1) is 66.6. The molecule has 137 heavy (non-hydrogen) atoms. The average molecular weight is 1880 g/mol. The van der Waals surface area contributed by atoms with Crippen molar-refractivity contribution < 1.29 is 70.3 Å². The summed E-state index contributed by atoms with van der Waals surface area (Å²) < 4.78 is 9.83. The number of azo groups is 1. The Morgan fingerprint density at radius 1 is 0.401 bits per heavy atom. The maximum Gasteiger partial charge on any atom is 0.438 e. The lowest BCUT2D eigenvalue weighted by molar-refractivity contribution is 0.154. The maximum absolute atomic E-state index is 10.7. The Balaban J connectivity index is 0.000000109. The van der Waals surface area contributed by atoms with Gasteiger partial charge in [-0.2, -0.15) is 25.7 Å². The summed E-state index contributed by atoms with van der Waals surface area (Å²) in [6.45, 7) is 11.7. The molecule has 5 aliphatic heterocycles. The normalized spacial score (nSPS) is 13.4. The molecule has 0 aliphatic carbocycles. The number of ether oxygens (including phenoxy) is 1. The second-order valence-electron chi connectivity index (χ2n) is 30.5. The van der Waals surface area contributed by atoms with Crippen LogP contribution in [0.2, 0.25) is 0 Å². The number of H-pyrrole nitrogens is 3. The van der Waals surface area contributed by atoms with Crippen LogP contribution in [0.5, 0.6) is 5.75 Å². The minimum Gasteiger partial charge on any atom is -0.485 e. The second-order valence-corrected chi connectivity index (χ2v) is 30.9. The Kier molecular flexibility index (Phi) is 27.1. The Morgan fingerprint density at radius 2 is 0.810 bits per heavy atom. The van der Waals surface area contributed by atoms with Gasteiger partial charge in [-0.05, 0) is 212 Å². The molecule has 0 unspecified atom stereocenters. The SMILES string of the molecule is C=C1CC(Cc2ccc3c(c2)nnn3O)=NO1.C=C1CC(Cc2ccc3c(c2)nnn3O)=NO1.C=C1CC(Cc2ccc3c(cnn3O)c2)=NO1.O=c1[nH]c(CCc2ccc3c(c2)nnn3O)no1.On1ncc2cc(CCc3cn[nH]n3)ccc21.On1nnc2cc(CC3=NCN=N3)ccc21.On1nnc2cc(CCC3=NOC(=S)C3)ccc21.On1nnc2cc(OCc3nn[nH]n3)ccc21. The number of aryl methyl sites for hydroxylation is 5. The topological polar surface area (TPSA) is 669 Å². The van der Waals surface area contributed by atoms with Crippen molar-refractivity contribution in [2.45, 2.75) is 96.5 Å². The van der Waals surface area contributed by atoms with E-state index in [1.807, 2.05) is 97.1 Å². The largest absolute Gasteiger partial charge is 0.485 e. The molecule has 0 saturated heterocycles. The van der Waals surface area contributed by atoms with Crippen molar-refractivity contribution in [2.24, 2.45) is 35.8 Å². The van der Waals surface area contributed by atoms with E-state index in [-0.39, 0.29) is 6.61 Å². The van der Waals surface area contributed by atoms with Gasteiger partial charge in [0.25, 0.3) is 0 Å². The monoisotopic (exact) mass is 1880 g/mol. The number of aromatic amines is 3. The van der Waals surface area contributed by atoms with Crippen LogP contribution in [0.1, 0.15) is 88.4 Å². The van der Waals surface area contributed by atoms with Gasteiger partial charge >= 0.3 is 5.76 Å². The molecule has 24 rings (SSSR count). The van der Waals surface area contributed by atoms with Crippen molar-refractivity contribution in [1.82, 2.24) is 157 Å². The highest BCUT2D eigenvalue weighted by molar-refractivity contribution is 7.80. The molecule has 0 amide bonds. The summed E-state index contributed by atoms with van der Waals surface area (Å²) in [5, 5.41) is 179. The number of allylic oxidation sites excluding steroid dienone is 3. The maximum atomic E-state index is 10.7. The molecule has 694 valence electrons. The fourth-order valence-electron chi connectivity index (χ4n) is 14.0. The van der Waals surface area contributed by atoms with Gasteiger partial charge in [-0.15, -0.1) is 65.8 Å². The average Bonchev–Trinajstić information content (AvgIpc) is 1.56. The van der Waals surface area contributed by atoms with Crippen LogP contribution >= 0.6 is 12.2 Å². The highest BCUT2D eigenvalue weighted by Crippen LogP contribution is 2.27. The summed E-state index contributed by atoms with van der Waals surface area (Å²) in [5.74, 6) is 3.73. The van der Waals surface area contributed by atoms with Crippen LogP contribution in [0.4, 0.5) is 0 Å². The predicted molar refractivity (Wildman–Crippen MR) is 482 cm³/mol. The van der Waals surface area contributed by atoms with E-state index in [1.165, 1.54) is 5.56 Å². The number of nitrogens with one attached hydrogen (secondary N) is 3. The predicted octanol–water partition coefficient (Wildman–Crippen LogP) is 8.91. The Morgan fingerprint density at radius 3 is 1.22 bits per heavy atom. The fourth-order valence-corrected chi connectivity index (χ4v) is 14.2. The van der Waals surface area contributed by atoms with E-state index >= 15 is 0 Å². The van der Waals surface area contributed by atoms with Crippen molar-refractivity contribution in [2.75, 3.05) is 6.67 Å². The number of aliphatic imine (C=N–C) groups is 1.